The lowest BCUT2D eigenvalue weighted by Gasteiger charge is -2.32. The standard InChI is InChI=1S/C17H23BrO2/c1-11(2)10-15-6-8-16(9-7-15)17(14(5)18)19-12(3)13(4)20-17/h6-9,11,14H,10H2,1-5H3. The molecule has 0 amide bonds. The van der Waals surface area contributed by atoms with Crippen LogP contribution in [-0.4, -0.2) is 4.83 Å². The monoisotopic (exact) mass is 338 g/mol. The minimum absolute atomic E-state index is 0.0540. The summed E-state index contributed by atoms with van der Waals surface area (Å²) in [6, 6.07) is 8.56. The fourth-order valence-corrected chi connectivity index (χ4v) is 2.93. The van der Waals surface area contributed by atoms with Crippen molar-refractivity contribution < 1.29 is 9.47 Å². The first-order valence-electron chi connectivity index (χ1n) is 7.14. The lowest BCUT2D eigenvalue weighted by Crippen LogP contribution is -2.36. The molecule has 0 aliphatic carbocycles. The number of halogens is 1. The molecule has 1 heterocycles. The molecule has 3 heteroatoms. The van der Waals surface area contributed by atoms with Crippen LogP contribution in [0.2, 0.25) is 0 Å². The van der Waals surface area contributed by atoms with E-state index in [4.69, 9.17) is 9.47 Å². The van der Waals surface area contributed by atoms with Crippen LogP contribution in [0.1, 0.15) is 45.7 Å². The van der Waals surface area contributed by atoms with Crippen LogP contribution in [0.4, 0.5) is 0 Å². The number of alkyl halides is 1. The predicted octanol–water partition coefficient (Wildman–Crippen LogP) is 5.12. The number of ether oxygens (including phenoxy) is 2. The summed E-state index contributed by atoms with van der Waals surface area (Å²) in [5, 5.41) is 0. The highest BCUT2D eigenvalue weighted by atomic mass is 79.9. The average Bonchev–Trinajstić information content (AvgIpc) is 2.67. The van der Waals surface area contributed by atoms with Crippen LogP contribution in [0.15, 0.2) is 35.8 Å². The Morgan fingerprint density at radius 3 is 1.90 bits per heavy atom. The first-order valence-corrected chi connectivity index (χ1v) is 8.05. The van der Waals surface area contributed by atoms with E-state index in [1.54, 1.807) is 0 Å². The molecule has 20 heavy (non-hydrogen) atoms. The number of hydrogen-bond donors (Lipinski definition) is 0. The first-order chi connectivity index (χ1) is 9.35. The van der Waals surface area contributed by atoms with Gasteiger partial charge in [0.15, 0.2) is 0 Å². The maximum atomic E-state index is 6.04. The van der Waals surface area contributed by atoms with E-state index in [-0.39, 0.29) is 4.83 Å². The van der Waals surface area contributed by atoms with Crippen molar-refractivity contribution in [1.29, 1.82) is 0 Å². The molecule has 1 aromatic carbocycles. The first kappa shape index (κ1) is 15.4. The van der Waals surface area contributed by atoms with Gasteiger partial charge in [-0.25, -0.2) is 0 Å². The van der Waals surface area contributed by atoms with Gasteiger partial charge in [-0.15, -0.1) is 0 Å². The molecule has 0 saturated heterocycles. The van der Waals surface area contributed by atoms with Gasteiger partial charge >= 0.3 is 0 Å². The molecule has 1 aliphatic heterocycles. The van der Waals surface area contributed by atoms with Crippen molar-refractivity contribution in [3.8, 4) is 0 Å². The molecule has 1 aliphatic rings. The summed E-state index contributed by atoms with van der Waals surface area (Å²) >= 11 is 3.63. The van der Waals surface area contributed by atoms with Gasteiger partial charge in [-0.05, 0) is 38.7 Å². The molecule has 0 saturated carbocycles. The van der Waals surface area contributed by atoms with E-state index in [9.17, 15) is 0 Å². The molecular formula is C17H23BrO2. The summed E-state index contributed by atoms with van der Waals surface area (Å²) in [5.41, 5.74) is 2.39. The number of allylic oxidation sites excluding steroid dienone is 2. The van der Waals surface area contributed by atoms with E-state index < -0.39 is 5.79 Å². The topological polar surface area (TPSA) is 18.5 Å². The molecular weight excluding hydrogens is 316 g/mol. The quantitative estimate of drug-likeness (QED) is 0.709. The van der Waals surface area contributed by atoms with Gasteiger partial charge in [-0.2, -0.15) is 0 Å². The summed E-state index contributed by atoms with van der Waals surface area (Å²) < 4.78 is 12.1. The van der Waals surface area contributed by atoms with Crippen LogP contribution < -0.4 is 0 Å². The second-order valence-electron chi connectivity index (χ2n) is 5.89. The Bertz CT molecular complexity index is 486. The minimum Gasteiger partial charge on any atom is -0.448 e. The zero-order chi connectivity index (χ0) is 14.9. The molecule has 0 spiro atoms. The van der Waals surface area contributed by atoms with Crippen molar-refractivity contribution in [1.82, 2.24) is 0 Å². The Balaban J connectivity index is 2.28. The summed E-state index contributed by atoms with van der Waals surface area (Å²) in [7, 11) is 0. The molecule has 1 aromatic rings. The van der Waals surface area contributed by atoms with E-state index >= 15 is 0 Å². The summed E-state index contributed by atoms with van der Waals surface area (Å²) in [5.74, 6) is 1.62. The summed E-state index contributed by atoms with van der Waals surface area (Å²) in [6.07, 6.45) is 1.09. The lowest BCUT2D eigenvalue weighted by molar-refractivity contribution is -0.157. The molecule has 1 atom stereocenters. The molecule has 2 nitrogen and oxygen atoms in total. The molecule has 1 unspecified atom stereocenters. The van der Waals surface area contributed by atoms with Crippen molar-refractivity contribution in [2.24, 2.45) is 5.92 Å². The molecule has 2 rings (SSSR count). The van der Waals surface area contributed by atoms with Gasteiger partial charge in [0.2, 0.25) is 0 Å². The predicted molar refractivity (Wildman–Crippen MR) is 85.6 cm³/mol. The Hall–Kier alpha value is -0.960. The van der Waals surface area contributed by atoms with Crippen molar-refractivity contribution in [3.63, 3.8) is 0 Å². The Kier molecular flexibility index (Phi) is 4.48. The van der Waals surface area contributed by atoms with Gasteiger partial charge < -0.3 is 9.47 Å². The Morgan fingerprint density at radius 2 is 1.50 bits per heavy atom. The summed E-state index contributed by atoms with van der Waals surface area (Å²) in [4.78, 5) is 0.0540. The Labute approximate surface area is 130 Å². The van der Waals surface area contributed by atoms with E-state index in [1.165, 1.54) is 5.56 Å². The molecule has 110 valence electrons. The highest BCUT2D eigenvalue weighted by Gasteiger charge is 2.46. The van der Waals surface area contributed by atoms with Gasteiger partial charge in [0, 0.05) is 5.56 Å². The number of hydrogen-bond acceptors (Lipinski definition) is 2. The van der Waals surface area contributed by atoms with Crippen molar-refractivity contribution in [2.75, 3.05) is 0 Å². The normalized spacial score (nSPS) is 18.9. The largest absolute Gasteiger partial charge is 0.448 e. The average molecular weight is 339 g/mol. The fourth-order valence-electron chi connectivity index (χ4n) is 2.47. The second-order valence-corrected chi connectivity index (χ2v) is 7.27. The molecule has 0 aromatic heterocycles. The fraction of sp³-hybridized carbons (Fsp3) is 0.529. The lowest BCUT2D eigenvalue weighted by atomic mass is 9.97. The third-order valence-electron chi connectivity index (χ3n) is 3.63. The Morgan fingerprint density at radius 1 is 1.00 bits per heavy atom. The zero-order valence-electron chi connectivity index (χ0n) is 12.9. The smallest absolute Gasteiger partial charge is 0.289 e. The van der Waals surface area contributed by atoms with Gasteiger partial charge in [-0.1, -0.05) is 54.0 Å². The van der Waals surface area contributed by atoms with Crippen LogP contribution in [0, 0.1) is 5.92 Å². The van der Waals surface area contributed by atoms with E-state index in [0.29, 0.717) is 5.92 Å². The maximum absolute atomic E-state index is 6.04. The number of benzene rings is 1. The molecule has 0 fully saturated rings. The van der Waals surface area contributed by atoms with Gasteiger partial charge in [0.25, 0.3) is 5.79 Å². The van der Waals surface area contributed by atoms with Crippen LogP contribution >= 0.6 is 15.9 Å². The number of rotatable bonds is 4. The van der Waals surface area contributed by atoms with Crippen LogP contribution in [0.5, 0.6) is 0 Å². The third-order valence-corrected chi connectivity index (χ3v) is 4.23. The van der Waals surface area contributed by atoms with Crippen molar-refractivity contribution in [3.05, 3.63) is 46.9 Å². The van der Waals surface area contributed by atoms with E-state index in [0.717, 1.165) is 23.5 Å². The maximum Gasteiger partial charge on any atom is 0.289 e. The van der Waals surface area contributed by atoms with Crippen LogP contribution in [0.3, 0.4) is 0 Å². The highest BCUT2D eigenvalue weighted by Crippen LogP contribution is 2.44. The van der Waals surface area contributed by atoms with Crippen molar-refractivity contribution >= 4 is 15.9 Å². The summed E-state index contributed by atoms with van der Waals surface area (Å²) in [6.45, 7) is 10.4. The third kappa shape index (κ3) is 2.88. The minimum atomic E-state index is -0.746. The van der Waals surface area contributed by atoms with E-state index in [1.807, 2.05) is 20.8 Å². The van der Waals surface area contributed by atoms with Crippen LogP contribution in [0.25, 0.3) is 0 Å². The van der Waals surface area contributed by atoms with Crippen LogP contribution in [-0.2, 0) is 21.7 Å². The SMILES string of the molecule is CC1=C(C)OC(c2ccc(CC(C)C)cc2)(C(C)Br)O1. The second kappa shape index (κ2) is 5.80. The molecule has 0 N–H and O–H groups in total. The van der Waals surface area contributed by atoms with E-state index in [2.05, 4.69) is 54.0 Å². The highest BCUT2D eigenvalue weighted by molar-refractivity contribution is 9.09. The van der Waals surface area contributed by atoms with Gasteiger partial charge in [0.05, 0.1) is 4.83 Å². The van der Waals surface area contributed by atoms with Crippen molar-refractivity contribution in [2.45, 2.75) is 51.7 Å². The molecule has 0 radical (unpaired) electrons. The van der Waals surface area contributed by atoms with Gasteiger partial charge in [0.1, 0.15) is 11.5 Å². The zero-order valence-corrected chi connectivity index (χ0v) is 14.5. The van der Waals surface area contributed by atoms with Gasteiger partial charge in [-0.3, -0.25) is 0 Å². The molecule has 0 bridgehead atoms.